The van der Waals surface area contributed by atoms with E-state index in [-0.39, 0.29) is 5.75 Å². The molecule has 0 aromatic rings. The second kappa shape index (κ2) is 8.89. The molecular formula is C13H29N3O2S. The van der Waals surface area contributed by atoms with Gasteiger partial charge in [-0.3, -0.25) is 0 Å². The summed E-state index contributed by atoms with van der Waals surface area (Å²) in [4.78, 5) is 2.34. The van der Waals surface area contributed by atoms with Crippen LogP contribution in [0.25, 0.3) is 0 Å². The number of hydrogen-bond acceptors (Lipinski definition) is 4. The largest absolute Gasteiger partial charge is 0.314 e. The van der Waals surface area contributed by atoms with Gasteiger partial charge >= 0.3 is 0 Å². The lowest BCUT2D eigenvalue weighted by Gasteiger charge is -2.26. The van der Waals surface area contributed by atoms with Crippen LogP contribution < -0.4 is 10.0 Å². The number of rotatable bonds is 9. The van der Waals surface area contributed by atoms with Gasteiger partial charge in [0.15, 0.2) is 0 Å². The molecule has 0 amide bonds. The molecule has 19 heavy (non-hydrogen) atoms. The first-order valence-corrected chi connectivity index (χ1v) is 9.08. The summed E-state index contributed by atoms with van der Waals surface area (Å²) in [6.45, 7) is 8.48. The quantitative estimate of drug-likeness (QED) is 0.616. The predicted octanol–water partition coefficient (Wildman–Crippen LogP) is 0.780. The number of likely N-dealkylation sites (tertiary alicyclic amines) is 1. The first kappa shape index (κ1) is 16.9. The number of nitrogens with one attached hydrogen (secondary N) is 2. The van der Waals surface area contributed by atoms with E-state index in [9.17, 15) is 8.42 Å². The van der Waals surface area contributed by atoms with Crippen molar-refractivity contribution in [2.75, 3.05) is 38.5 Å². The first-order chi connectivity index (χ1) is 8.99. The van der Waals surface area contributed by atoms with Gasteiger partial charge in [-0.1, -0.05) is 20.3 Å². The van der Waals surface area contributed by atoms with Gasteiger partial charge in [0.05, 0.1) is 5.75 Å². The summed E-state index contributed by atoms with van der Waals surface area (Å²) in [6, 6.07) is 0.412. The molecule has 114 valence electrons. The molecule has 0 aromatic carbocycles. The van der Waals surface area contributed by atoms with E-state index >= 15 is 0 Å². The monoisotopic (exact) mass is 291 g/mol. The third-order valence-corrected chi connectivity index (χ3v) is 4.81. The van der Waals surface area contributed by atoms with E-state index < -0.39 is 10.0 Å². The third kappa shape index (κ3) is 8.57. The molecule has 1 aliphatic heterocycles. The average Bonchev–Trinajstić information content (AvgIpc) is 2.36. The van der Waals surface area contributed by atoms with Crippen LogP contribution in [0.5, 0.6) is 0 Å². The van der Waals surface area contributed by atoms with Crippen molar-refractivity contribution in [3.63, 3.8) is 0 Å². The smallest absolute Gasteiger partial charge is 0.211 e. The van der Waals surface area contributed by atoms with Gasteiger partial charge in [0.1, 0.15) is 0 Å². The summed E-state index contributed by atoms with van der Waals surface area (Å²) in [5, 5.41) is 3.23. The lowest BCUT2D eigenvalue weighted by Crippen LogP contribution is -2.38. The Kier molecular flexibility index (Phi) is 7.90. The molecule has 1 aliphatic rings. The van der Waals surface area contributed by atoms with Crippen LogP contribution in [0.1, 0.15) is 39.5 Å². The molecule has 0 radical (unpaired) electrons. The molecule has 0 unspecified atom stereocenters. The van der Waals surface area contributed by atoms with Crippen molar-refractivity contribution in [3.05, 3.63) is 0 Å². The minimum atomic E-state index is -3.10. The molecule has 6 heteroatoms. The van der Waals surface area contributed by atoms with Gasteiger partial charge in [-0.15, -0.1) is 0 Å². The van der Waals surface area contributed by atoms with Gasteiger partial charge in [-0.25, -0.2) is 13.1 Å². The molecule has 1 fully saturated rings. The van der Waals surface area contributed by atoms with Gasteiger partial charge in [-0.2, -0.15) is 0 Å². The van der Waals surface area contributed by atoms with Crippen LogP contribution >= 0.6 is 0 Å². The standard InChI is InChI=1S/C13H29N3O2S/c1-13(2)14-7-6-12-19(17,18)15-8-11-16-9-4-3-5-10-16/h13-15H,3-12H2,1-2H3. The van der Waals surface area contributed by atoms with Crippen LogP contribution in [-0.2, 0) is 10.0 Å². The van der Waals surface area contributed by atoms with Crippen molar-refractivity contribution < 1.29 is 8.42 Å². The Bertz CT molecular complexity index is 325. The van der Waals surface area contributed by atoms with E-state index in [1.807, 2.05) is 0 Å². The van der Waals surface area contributed by atoms with Crippen molar-refractivity contribution in [2.24, 2.45) is 0 Å². The summed E-state index contributed by atoms with van der Waals surface area (Å²) in [5.74, 6) is 0.215. The summed E-state index contributed by atoms with van der Waals surface area (Å²) < 4.78 is 26.2. The normalized spacial score (nSPS) is 18.1. The van der Waals surface area contributed by atoms with E-state index in [0.717, 1.165) is 26.2 Å². The van der Waals surface area contributed by atoms with E-state index in [1.165, 1.54) is 19.3 Å². The van der Waals surface area contributed by atoms with Crippen molar-refractivity contribution in [1.82, 2.24) is 14.9 Å². The zero-order valence-electron chi connectivity index (χ0n) is 12.3. The van der Waals surface area contributed by atoms with E-state index in [2.05, 4.69) is 28.8 Å². The Morgan fingerprint density at radius 1 is 1.11 bits per heavy atom. The number of sulfonamides is 1. The van der Waals surface area contributed by atoms with Crippen molar-refractivity contribution in [1.29, 1.82) is 0 Å². The summed E-state index contributed by atoms with van der Waals surface area (Å²) in [6.07, 6.45) is 4.46. The summed E-state index contributed by atoms with van der Waals surface area (Å²) in [5.41, 5.74) is 0. The van der Waals surface area contributed by atoms with Gasteiger partial charge < -0.3 is 10.2 Å². The maximum absolute atomic E-state index is 11.8. The number of piperidine rings is 1. The fourth-order valence-corrected chi connectivity index (χ4v) is 3.34. The molecule has 1 rings (SSSR count). The molecule has 0 aromatic heterocycles. The highest BCUT2D eigenvalue weighted by Crippen LogP contribution is 2.07. The van der Waals surface area contributed by atoms with Crippen LogP contribution in [0.4, 0.5) is 0 Å². The van der Waals surface area contributed by atoms with Crippen LogP contribution in [0.15, 0.2) is 0 Å². The van der Waals surface area contributed by atoms with Crippen LogP contribution in [-0.4, -0.2) is 57.8 Å². The highest BCUT2D eigenvalue weighted by atomic mass is 32.2. The molecule has 0 atom stereocenters. The fourth-order valence-electron chi connectivity index (χ4n) is 2.27. The predicted molar refractivity (Wildman–Crippen MR) is 79.8 cm³/mol. The topological polar surface area (TPSA) is 61.4 Å². The average molecular weight is 291 g/mol. The van der Waals surface area contributed by atoms with Crippen LogP contribution in [0.3, 0.4) is 0 Å². The van der Waals surface area contributed by atoms with Crippen LogP contribution in [0.2, 0.25) is 0 Å². The molecule has 0 aliphatic carbocycles. The number of hydrogen-bond donors (Lipinski definition) is 2. The minimum Gasteiger partial charge on any atom is -0.314 e. The minimum absolute atomic E-state index is 0.215. The first-order valence-electron chi connectivity index (χ1n) is 7.43. The van der Waals surface area contributed by atoms with E-state index in [4.69, 9.17) is 0 Å². The van der Waals surface area contributed by atoms with Crippen molar-refractivity contribution >= 4 is 10.0 Å². The Hall–Kier alpha value is -0.170. The van der Waals surface area contributed by atoms with Gasteiger partial charge in [0.25, 0.3) is 0 Å². The summed E-state index contributed by atoms with van der Waals surface area (Å²) in [7, 11) is -3.10. The fraction of sp³-hybridized carbons (Fsp3) is 1.00. The zero-order chi connectivity index (χ0) is 14.1. The van der Waals surface area contributed by atoms with E-state index in [1.54, 1.807) is 0 Å². The molecule has 0 spiro atoms. The van der Waals surface area contributed by atoms with Gasteiger partial charge in [0, 0.05) is 19.1 Å². The molecular weight excluding hydrogens is 262 g/mol. The zero-order valence-corrected chi connectivity index (χ0v) is 13.1. The van der Waals surface area contributed by atoms with Gasteiger partial charge in [0.2, 0.25) is 10.0 Å². The molecule has 0 bridgehead atoms. The molecule has 1 heterocycles. The second-order valence-corrected chi connectivity index (χ2v) is 7.50. The third-order valence-electron chi connectivity index (χ3n) is 3.34. The Balaban J connectivity index is 2.08. The molecule has 5 nitrogen and oxygen atoms in total. The lowest BCUT2D eigenvalue weighted by atomic mass is 10.1. The van der Waals surface area contributed by atoms with Crippen molar-refractivity contribution in [3.8, 4) is 0 Å². The highest BCUT2D eigenvalue weighted by molar-refractivity contribution is 7.89. The molecule has 1 saturated heterocycles. The summed E-state index contributed by atoms with van der Waals surface area (Å²) >= 11 is 0. The lowest BCUT2D eigenvalue weighted by molar-refractivity contribution is 0.233. The highest BCUT2D eigenvalue weighted by Gasteiger charge is 2.12. The van der Waals surface area contributed by atoms with Crippen LogP contribution in [0, 0.1) is 0 Å². The molecule has 0 saturated carbocycles. The van der Waals surface area contributed by atoms with Crippen molar-refractivity contribution in [2.45, 2.75) is 45.6 Å². The SMILES string of the molecule is CC(C)NCCCS(=O)(=O)NCCN1CCCCC1. The molecule has 2 N–H and O–H groups in total. The maximum Gasteiger partial charge on any atom is 0.211 e. The van der Waals surface area contributed by atoms with Gasteiger partial charge in [-0.05, 0) is 38.9 Å². The Morgan fingerprint density at radius 3 is 2.42 bits per heavy atom. The number of nitrogens with zero attached hydrogens (tertiary/aromatic N) is 1. The Morgan fingerprint density at radius 2 is 1.79 bits per heavy atom. The second-order valence-electron chi connectivity index (χ2n) is 5.58. The van der Waals surface area contributed by atoms with E-state index in [0.29, 0.717) is 19.0 Å². The maximum atomic E-state index is 11.8. The Labute approximate surface area is 118 Å².